The summed E-state index contributed by atoms with van der Waals surface area (Å²) in [6.07, 6.45) is 0.938. The normalized spacial score (nSPS) is 16.4. The Morgan fingerprint density at radius 1 is 1.21 bits per heavy atom. The van der Waals surface area contributed by atoms with Crippen molar-refractivity contribution in [1.82, 2.24) is 4.90 Å². The Morgan fingerprint density at radius 3 is 2.62 bits per heavy atom. The summed E-state index contributed by atoms with van der Waals surface area (Å²) in [4.78, 5) is 14.8. The lowest BCUT2D eigenvalue weighted by molar-refractivity contribution is 0.0636. The van der Waals surface area contributed by atoms with E-state index in [4.69, 9.17) is 16.3 Å². The van der Waals surface area contributed by atoms with Crippen molar-refractivity contribution in [3.63, 3.8) is 0 Å². The van der Waals surface area contributed by atoms with Crippen molar-refractivity contribution in [2.45, 2.75) is 26.3 Å². The molecule has 24 heavy (non-hydrogen) atoms. The molecule has 0 radical (unpaired) electrons. The fraction of sp³-hybridized carbons (Fsp3) is 0.350. The molecule has 1 amide bonds. The SMILES string of the molecule is CC(C)N(CC1COc2ccccc2C1)C(=O)c1ccc(Cl)cc1. The van der Waals surface area contributed by atoms with Gasteiger partial charge >= 0.3 is 0 Å². The number of ether oxygens (including phenoxy) is 1. The van der Waals surface area contributed by atoms with Crippen LogP contribution in [0.5, 0.6) is 5.75 Å². The minimum Gasteiger partial charge on any atom is -0.493 e. The molecule has 0 aromatic heterocycles. The van der Waals surface area contributed by atoms with Crippen LogP contribution in [0.25, 0.3) is 0 Å². The molecular formula is C20H22ClNO2. The van der Waals surface area contributed by atoms with Gasteiger partial charge in [-0.2, -0.15) is 0 Å². The molecule has 0 aliphatic carbocycles. The summed E-state index contributed by atoms with van der Waals surface area (Å²) in [5.41, 5.74) is 1.89. The lowest BCUT2D eigenvalue weighted by Crippen LogP contribution is -2.43. The van der Waals surface area contributed by atoms with Crippen molar-refractivity contribution >= 4 is 17.5 Å². The fourth-order valence-corrected chi connectivity index (χ4v) is 3.20. The highest BCUT2D eigenvalue weighted by Crippen LogP contribution is 2.28. The summed E-state index contributed by atoms with van der Waals surface area (Å²) >= 11 is 5.92. The van der Waals surface area contributed by atoms with Gasteiger partial charge in [-0.1, -0.05) is 29.8 Å². The second-order valence-electron chi connectivity index (χ2n) is 6.55. The summed E-state index contributed by atoms with van der Waals surface area (Å²) in [7, 11) is 0. The second kappa shape index (κ2) is 7.27. The predicted molar refractivity (Wildman–Crippen MR) is 96.8 cm³/mol. The van der Waals surface area contributed by atoms with Gasteiger partial charge in [0.15, 0.2) is 0 Å². The van der Waals surface area contributed by atoms with Crippen molar-refractivity contribution in [3.05, 3.63) is 64.7 Å². The molecule has 0 N–H and O–H groups in total. The van der Waals surface area contributed by atoms with Crippen molar-refractivity contribution in [2.24, 2.45) is 5.92 Å². The highest BCUT2D eigenvalue weighted by atomic mass is 35.5. The van der Waals surface area contributed by atoms with E-state index in [0.29, 0.717) is 29.7 Å². The molecule has 126 valence electrons. The number of amides is 1. The Balaban J connectivity index is 1.73. The van der Waals surface area contributed by atoms with Gasteiger partial charge in [-0.3, -0.25) is 4.79 Å². The van der Waals surface area contributed by atoms with Crippen molar-refractivity contribution in [3.8, 4) is 5.75 Å². The van der Waals surface area contributed by atoms with E-state index in [1.807, 2.05) is 36.9 Å². The maximum absolute atomic E-state index is 12.9. The van der Waals surface area contributed by atoms with E-state index >= 15 is 0 Å². The smallest absolute Gasteiger partial charge is 0.254 e. The van der Waals surface area contributed by atoms with Gasteiger partial charge in [0.25, 0.3) is 5.91 Å². The number of carbonyl (C=O) groups is 1. The molecule has 3 nitrogen and oxygen atoms in total. The van der Waals surface area contributed by atoms with Crippen molar-refractivity contribution in [2.75, 3.05) is 13.2 Å². The lowest BCUT2D eigenvalue weighted by Gasteiger charge is -2.33. The Labute approximate surface area is 148 Å². The van der Waals surface area contributed by atoms with Gasteiger partial charge in [-0.05, 0) is 56.2 Å². The first-order chi connectivity index (χ1) is 11.5. The fourth-order valence-electron chi connectivity index (χ4n) is 3.07. The van der Waals surface area contributed by atoms with Crippen molar-refractivity contribution in [1.29, 1.82) is 0 Å². The van der Waals surface area contributed by atoms with Gasteiger partial charge in [-0.25, -0.2) is 0 Å². The zero-order chi connectivity index (χ0) is 17.1. The predicted octanol–water partition coefficient (Wildman–Crippen LogP) is 4.44. The van der Waals surface area contributed by atoms with Gasteiger partial charge in [0.2, 0.25) is 0 Å². The van der Waals surface area contributed by atoms with Crippen LogP contribution in [0.1, 0.15) is 29.8 Å². The molecule has 2 aromatic carbocycles. The Bertz CT molecular complexity index is 712. The van der Waals surface area contributed by atoms with Crippen LogP contribution in [0, 0.1) is 5.92 Å². The van der Waals surface area contributed by atoms with E-state index in [1.165, 1.54) is 5.56 Å². The molecule has 0 bridgehead atoms. The number of fused-ring (bicyclic) bond motifs is 1. The standard InChI is InChI=1S/C20H22ClNO2/c1-14(2)22(20(23)16-7-9-18(21)10-8-16)12-15-11-17-5-3-4-6-19(17)24-13-15/h3-10,14-15H,11-13H2,1-2H3. The van der Waals surface area contributed by atoms with Gasteiger partial charge in [-0.15, -0.1) is 0 Å². The summed E-state index contributed by atoms with van der Waals surface area (Å²) in [5.74, 6) is 1.31. The molecular weight excluding hydrogens is 322 g/mol. The monoisotopic (exact) mass is 343 g/mol. The number of benzene rings is 2. The molecule has 1 aliphatic rings. The van der Waals surface area contributed by atoms with Crippen LogP contribution in [-0.2, 0) is 6.42 Å². The van der Waals surface area contributed by atoms with E-state index in [1.54, 1.807) is 24.3 Å². The maximum Gasteiger partial charge on any atom is 0.254 e. The minimum atomic E-state index is 0.0422. The molecule has 0 spiro atoms. The van der Waals surface area contributed by atoms with Gasteiger partial charge in [0, 0.05) is 29.1 Å². The van der Waals surface area contributed by atoms with Gasteiger partial charge in [0.1, 0.15) is 5.75 Å². The Kier molecular flexibility index (Phi) is 5.10. The largest absolute Gasteiger partial charge is 0.493 e. The third-order valence-corrected chi connectivity index (χ3v) is 4.64. The first-order valence-corrected chi connectivity index (χ1v) is 8.69. The highest BCUT2D eigenvalue weighted by molar-refractivity contribution is 6.30. The Hall–Kier alpha value is -2.00. The average molecular weight is 344 g/mol. The minimum absolute atomic E-state index is 0.0422. The molecule has 2 aromatic rings. The second-order valence-corrected chi connectivity index (χ2v) is 6.98. The highest BCUT2D eigenvalue weighted by Gasteiger charge is 2.26. The third kappa shape index (κ3) is 3.73. The first kappa shape index (κ1) is 16.8. The zero-order valence-corrected chi connectivity index (χ0v) is 14.8. The molecule has 1 atom stereocenters. The third-order valence-electron chi connectivity index (χ3n) is 4.39. The molecule has 4 heteroatoms. The number of hydrogen-bond acceptors (Lipinski definition) is 2. The molecule has 1 unspecified atom stereocenters. The summed E-state index contributed by atoms with van der Waals surface area (Å²) < 4.78 is 5.86. The molecule has 3 rings (SSSR count). The van der Waals surface area contributed by atoms with E-state index < -0.39 is 0 Å². The Morgan fingerprint density at radius 2 is 1.92 bits per heavy atom. The van der Waals surface area contributed by atoms with Crippen LogP contribution in [-0.4, -0.2) is 30.0 Å². The van der Waals surface area contributed by atoms with Crippen LogP contribution in [0.4, 0.5) is 0 Å². The molecule has 0 saturated carbocycles. The number of rotatable bonds is 4. The van der Waals surface area contributed by atoms with Crippen LogP contribution in [0.2, 0.25) is 5.02 Å². The summed E-state index contributed by atoms with van der Waals surface area (Å²) in [6.45, 7) is 5.43. The van der Waals surface area contributed by atoms with E-state index in [-0.39, 0.29) is 11.9 Å². The number of hydrogen-bond donors (Lipinski definition) is 0. The van der Waals surface area contributed by atoms with Crippen molar-refractivity contribution < 1.29 is 9.53 Å². The van der Waals surface area contributed by atoms with Crippen LogP contribution in [0.3, 0.4) is 0 Å². The topological polar surface area (TPSA) is 29.5 Å². The average Bonchev–Trinajstić information content (AvgIpc) is 2.59. The number of halogens is 1. The van der Waals surface area contributed by atoms with E-state index in [9.17, 15) is 4.79 Å². The lowest BCUT2D eigenvalue weighted by atomic mass is 9.95. The molecule has 0 saturated heterocycles. The van der Waals surface area contributed by atoms with Crippen LogP contribution in [0.15, 0.2) is 48.5 Å². The first-order valence-electron chi connectivity index (χ1n) is 8.32. The molecule has 0 fully saturated rings. The summed E-state index contributed by atoms with van der Waals surface area (Å²) in [6, 6.07) is 15.3. The van der Waals surface area contributed by atoms with Gasteiger partial charge in [0.05, 0.1) is 6.61 Å². The number of para-hydroxylation sites is 1. The maximum atomic E-state index is 12.9. The van der Waals surface area contributed by atoms with E-state index in [2.05, 4.69) is 6.07 Å². The number of carbonyl (C=O) groups excluding carboxylic acids is 1. The van der Waals surface area contributed by atoms with Crippen LogP contribution >= 0.6 is 11.6 Å². The number of nitrogens with zero attached hydrogens (tertiary/aromatic N) is 1. The molecule has 1 heterocycles. The zero-order valence-electron chi connectivity index (χ0n) is 14.0. The summed E-state index contributed by atoms with van der Waals surface area (Å²) in [5, 5.41) is 0.639. The van der Waals surface area contributed by atoms with Gasteiger partial charge < -0.3 is 9.64 Å². The van der Waals surface area contributed by atoms with E-state index in [0.717, 1.165) is 12.2 Å². The quantitative estimate of drug-likeness (QED) is 0.821. The van der Waals surface area contributed by atoms with Crippen LogP contribution < -0.4 is 4.74 Å². The molecule has 1 aliphatic heterocycles.